The van der Waals surface area contributed by atoms with Crippen LogP contribution in [0.3, 0.4) is 0 Å². The summed E-state index contributed by atoms with van der Waals surface area (Å²) in [5.41, 5.74) is 0.915. The summed E-state index contributed by atoms with van der Waals surface area (Å²) < 4.78 is 41.0. The maximum absolute atomic E-state index is 14.1. The number of hydrogen-bond donors (Lipinski definition) is 1. The minimum Gasteiger partial charge on any atom is -0.350 e. The number of nitrogens with one attached hydrogen (secondary N) is 1. The highest BCUT2D eigenvalue weighted by atomic mass is 32.2. The molecule has 1 aromatic carbocycles. The lowest BCUT2D eigenvalue weighted by atomic mass is 10.2. The molecule has 1 atom stereocenters. The molecule has 158 valence electrons. The topological polar surface area (TPSA) is 79.4 Å². The molecule has 0 aliphatic carbocycles. The molecule has 3 heterocycles. The number of carbonyl (C=O) groups excluding carboxylic acids is 1. The fourth-order valence-electron chi connectivity index (χ4n) is 3.45. The van der Waals surface area contributed by atoms with E-state index in [0.717, 1.165) is 30.8 Å². The number of aromatic nitrogens is 1. The molecule has 10 heteroatoms. The number of sulfonamides is 1. The van der Waals surface area contributed by atoms with Crippen LogP contribution in [0.5, 0.6) is 0 Å². The van der Waals surface area contributed by atoms with E-state index in [9.17, 15) is 17.6 Å². The summed E-state index contributed by atoms with van der Waals surface area (Å²) in [7, 11) is -4.08. The van der Waals surface area contributed by atoms with Crippen molar-refractivity contribution in [2.75, 3.05) is 6.54 Å². The van der Waals surface area contributed by atoms with Crippen molar-refractivity contribution in [3.8, 4) is 10.6 Å². The Morgan fingerprint density at radius 1 is 1.30 bits per heavy atom. The smallest absolute Gasteiger partial charge is 0.246 e. The van der Waals surface area contributed by atoms with Gasteiger partial charge in [0.15, 0.2) is 0 Å². The van der Waals surface area contributed by atoms with Gasteiger partial charge in [-0.1, -0.05) is 12.1 Å². The second-order valence-corrected chi connectivity index (χ2v) is 11.0. The van der Waals surface area contributed by atoms with Gasteiger partial charge in [-0.25, -0.2) is 17.8 Å². The van der Waals surface area contributed by atoms with Crippen LogP contribution >= 0.6 is 22.7 Å². The van der Waals surface area contributed by atoms with E-state index in [1.54, 1.807) is 11.3 Å². The third-order valence-corrected chi connectivity index (χ3v) is 8.72. The van der Waals surface area contributed by atoms with E-state index in [2.05, 4.69) is 10.3 Å². The highest BCUT2D eigenvalue weighted by Gasteiger charge is 2.40. The van der Waals surface area contributed by atoms with Crippen LogP contribution in [0.1, 0.15) is 22.7 Å². The lowest BCUT2D eigenvalue weighted by Gasteiger charge is -2.23. The second kappa shape index (κ2) is 8.54. The van der Waals surface area contributed by atoms with Crippen molar-refractivity contribution in [1.29, 1.82) is 0 Å². The first-order chi connectivity index (χ1) is 14.4. The fraction of sp³-hybridized carbons (Fsp3) is 0.300. The molecule has 0 bridgehead atoms. The fourth-order valence-corrected chi connectivity index (χ4v) is 6.77. The molecule has 30 heavy (non-hydrogen) atoms. The van der Waals surface area contributed by atoms with Gasteiger partial charge in [0.2, 0.25) is 15.9 Å². The van der Waals surface area contributed by atoms with Crippen LogP contribution in [0.2, 0.25) is 0 Å². The minimum absolute atomic E-state index is 0.196. The molecule has 1 fully saturated rings. The summed E-state index contributed by atoms with van der Waals surface area (Å²) in [5, 5.41) is 5.82. The van der Waals surface area contributed by atoms with Crippen molar-refractivity contribution >= 4 is 38.6 Å². The number of aryl methyl sites for hydroxylation is 1. The van der Waals surface area contributed by atoms with Crippen LogP contribution in [0.25, 0.3) is 10.6 Å². The molecular weight excluding hydrogens is 445 g/mol. The zero-order chi connectivity index (χ0) is 21.3. The van der Waals surface area contributed by atoms with Gasteiger partial charge in [0.25, 0.3) is 0 Å². The number of benzene rings is 1. The third-order valence-electron chi connectivity index (χ3n) is 4.90. The molecule has 2 aromatic heterocycles. The van der Waals surface area contributed by atoms with Crippen molar-refractivity contribution in [1.82, 2.24) is 14.6 Å². The van der Waals surface area contributed by atoms with Crippen molar-refractivity contribution in [3.05, 3.63) is 57.5 Å². The zero-order valence-corrected chi connectivity index (χ0v) is 18.6. The van der Waals surface area contributed by atoms with E-state index >= 15 is 0 Å². The van der Waals surface area contributed by atoms with E-state index in [4.69, 9.17) is 0 Å². The second-order valence-electron chi connectivity index (χ2n) is 6.94. The largest absolute Gasteiger partial charge is 0.350 e. The molecule has 0 unspecified atom stereocenters. The van der Waals surface area contributed by atoms with Gasteiger partial charge in [-0.05, 0) is 44.0 Å². The van der Waals surface area contributed by atoms with Gasteiger partial charge in [-0.2, -0.15) is 4.31 Å². The number of thiazole rings is 1. The van der Waals surface area contributed by atoms with Crippen molar-refractivity contribution in [2.24, 2.45) is 0 Å². The van der Waals surface area contributed by atoms with E-state index in [1.165, 1.54) is 29.5 Å². The van der Waals surface area contributed by atoms with Crippen LogP contribution in [-0.4, -0.2) is 36.2 Å². The Balaban J connectivity index is 1.44. The molecule has 1 aliphatic rings. The Labute approximate surface area is 182 Å². The number of rotatable bonds is 6. The van der Waals surface area contributed by atoms with Gasteiger partial charge in [-0.3, -0.25) is 4.79 Å². The van der Waals surface area contributed by atoms with Gasteiger partial charge in [-0.15, -0.1) is 22.7 Å². The zero-order valence-electron chi connectivity index (χ0n) is 16.2. The number of carbonyl (C=O) groups is 1. The normalized spacial score (nSPS) is 17.3. The quantitative estimate of drug-likeness (QED) is 0.601. The number of hydrogen-bond acceptors (Lipinski definition) is 6. The highest BCUT2D eigenvalue weighted by Crippen LogP contribution is 2.30. The van der Waals surface area contributed by atoms with Crippen LogP contribution in [0.4, 0.5) is 4.39 Å². The first-order valence-electron chi connectivity index (χ1n) is 9.41. The molecule has 1 saturated heterocycles. The summed E-state index contributed by atoms with van der Waals surface area (Å²) in [6, 6.07) is 8.30. The van der Waals surface area contributed by atoms with E-state index in [0.29, 0.717) is 19.4 Å². The van der Waals surface area contributed by atoms with Crippen LogP contribution in [0, 0.1) is 12.7 Å². The maximum atomic E-state index is 14.1. The van der Waals surface area contributed by atoms with Crippen LogP contribution in [0.15, 0.2) is 46.7 Å². The van der Waals surface area contributed by atoms with Gasteiger partial charge in [0.1, 0.15) is 16.8 Å². The maximum Gasteiger partial charge on any atom is 0.246 e. The van der Waals surface area contributed by atoms with Crippen molar-refractivity contribution < 1.29 is 17.6 Å². The number of amides is 1. The summed E-state index contributed by atoms with van der Waals surface area (Å²) in [5.74, 6) is -1.18. The standard InChI is InChI=1S/C20H20FN3O3S3/c1-13-23-16(12-28-13)18-9-8-14(29-18)11-22-20(25)17-6-4-10-24(17)30(26,27)19-7-3-2-5-15(19)21/h2-3,5,7-9,12,17H,4,6,10-11H2,1H3,(H,22,25)/t17-/m1/s1. The average molecular weight is 466 g/mol. The Hall–Kier alpha value is -2.14. The summed E-state index contributed by atoms with van der Waals surface area (Å²) in [6.45, 7) is 2.45. The molecule has 1 aliphatic heterocycles. The number of halogens is 1. The predicted octanol–water partition coefficient (Wildman–Crippen LogP) is 3.79. The molecule has 1 N–H and O–H groups in total. The molecule has 4 rings (SSSR count). The first-order valence-corrected chi connectivity index (χ1v) is 12.5. The van der Waals surface area contributed by atoms with Crippen molar-refractivity contribution in [2.45, 2.75) is 37.2 Å². The van der Waals surface area contributed by atoms with E-state index in [1.807, 2.05) is 24.4 Å². The van der Waals surface area contributed by atoms with E-state index < -0.39 is 26.8 Å². The molecule has 1 amide bonds. The van der Waals surface area contributed by atoms with E-state index in [-0.39, 0.29) is 12.5 Å². The third kappa shape index (κ3) is 4.18. The molecule has 3 aromatic rings. The summed E-state index contributed by atoms with van der Waals surface area (Å²) in [4.78, 5) is 18.8. The summed E-state index contributed by atoms with van der Waals surface area (Å²) >= 11 is 3.12. The Morgan fingerprint density at radius 3 is 2.83 bits per heavy atom. The highest BCUT2D eigenvalue weighted by molar-refractivity contribution is 7.89. The van der Waals surface area contributed by atoms with Gasteiger partial charge in [0, 0.05) is 16.8 Å². The molecule has 0 saturated carbocycles. The Kier molecular flexibility index (Phi) is 6.01. The Morgan fingerprint density at radius 2 is 2.10 bits per heavy atom. The predicted molar refractivity (Wildman–Crippen MR) is 115 cm³/mol. The van der Waals surface area contributed by atoms with Gasteiger partial charge in [0.05, 0.1) is 22.1 Å². The minimum atomic E-state index is -4.08. The molecular formula is C20H20FN3O3S3. The van der Waals surface area contributed by atoms with Gasteiger partial charge >= 0.3 is 0 Å². The molecule has 0 radical (unpaired) electrons. The molecule has 6 nitrogen and oxygen atoms in total. The van der Waals surface area contributed by atoms with Crippen LogP contribution < -0.4 is 5.32 Å². The number of thiophene rings is 1. The lowest BCUT2D eigenvalue weighted by Crippen LogP contribution is -2.45. The van der Waals surface area contributed by atoms with Crippen molar-refractivity contribution in [3.63, 3.8) is 0 Å². The van der Waals surface area contributed by atoms with Crippen LogP contribution in [-0.2, 0) is 21.4 Å². The Bertz CT molecular complexity index is 1170. The lowest BCUT2D eigenvalue weighted by molar-refractivity contribution is -0.124. The monoisotopic (exact) mass is 465 g/mol. The summed E-state index contributed by atoms with van der Waals surface area (Å²) in [6.07, 6.45) is 0.964. The average Bonchev–Trinajstić information content (AvgIpc) is 3.46. The SMILES string of the molecule is Cc1nc(-c2ccc(CNC(=O)[C@H]3CCCN3S(=O)(=O)c3ccccc3F)s2)cs1. The first kappa shape index (κ1) is 21.1. The molecule has 0 spiro atoms. The number of nitrogens with zero attached hydrogens (tertiary/aromatic N) is 2. The van der Waals surface area contributed by atoms with Gasteiger partial charge < -0.3 is 5.32 Å².